The Labute approximate surface area is 101 Å². The first kappa shape index (κ1) is 12.5. The van der Waals surface area contributed by atoms with Crippen LogP contribution in [0.2, 0.25) is 0 Å². The average molecular weight is 256 g/mol. The van der Waals surface area contributed by atoms with Crippen molar-refractivity contribution in [1.82, 2.24) is 0 Å². The van der Waals surface area contributed by atoms with Crippen LogP contribution in [0, 0.1) is 5.41 Å². The van der Waals surface area contributed by atoms with Crippen molar-refractivity contribution in [1.29, 1.82) is 0 Å². The predicted octanol–water partition coefficient (Wildman–Crippen LogP) is 0.168. The third-order valence-corrected chi connectivity index (χ3v) is 5.25. The van der Waals surface area contributed by atoms with E-state index in [4.69, 9.17) is 0 Å². The standard InChI is InChI=1S/C12H16O4S/c1-17(15,16)11-10(12(11,7-13)8-14)9-5-3-2-4-6-9/h2-6,10-11,13-14H,7-8H2,1H3/t10-,11+/m0/s1. The summed E-state index contributed by atoms with van der Waals surface area (Å²) in [7, 11) is -3.28. The Morgan fingerprint density at radius 3 is 2.06 bits per heavy atom. The first-order chi connectivity index (χ1) is 7.97. The lowest BCUT2D eigenvalue weighted by molar-refractivity contribution is 0.130. The molecule has 94 valence electrons. The second-order valence-electron chi connectivity index (χ2n) is 4.69. The molecule has 4 nitrogen and oxygen atoms in total. The molecule has 0 unspecified atom stereocenters. The minimum absolute atomic E-state index is 0.311. The minimum atomic E-state index is -3.28. The van der Waals surface area contributed by atoms with Gasteiger partial charge in [-0.05, 0) is 5.56 Å². The van der Waals surface area contributed by atoms with Crippen LogP contribution in [-0.4, -0.2) is 43.4 Å². The number of rotatable bonds is 4. The highest BCUT2D eigenvalue weighted by Crippen LogP contribution is 2.62. The Hall–Kier alpha value is -0.910. The van der Waals surface area contributed by atoms with Crippen LogP contribution in [0.3, 0.4) is 0 Å². The van der Waals surface area contributed by atoms with E-state index < -0.39 is 20.5 Å². The molecule has 2 N–H and O–H groups in total. The van der Waals surface area contributed by atoms with Crippen LogP contribution in [0.1, 0.15) is 11.5 Å². The zero-order chi connectivity index (χ0) is 12.7. The number of sulfone groups is 1. The van der Waals surface area contributed by atoms with Crippen LogP contribution in [-0.2, 0) is 9.84 Å². The van der Waals surface area contributed by atoms with Gasteiger partial charge < -0.3 is 10.2 Å². The molecular weight excluding hydrogens is 240 g/mol. The molecule has 17 heavy (non-hydrogen) atoms. The Balaban J connectivity index is 2.42. The summed E-state index contributed by atoms with van der Waals surface area (Å²) >= 11 is 0. The van der Waals surface area contributed by atoms with Gasteiger partial charge in [0.05, 0.1) is 18.5 Å². The van der Waals surface area contributed by atoms with Gasteiger partial charge in [0.15, 0.2) is 9.84 Å². The van der Waals surface area contributed by atoms with Gasteiger partial charge in [0, 0.05) is 17.6 Å². The maximum absolute atomic E-state index is 11.7. The lowest BCUT2D eigenvalue weighted by Crippen LogP contribution is -2.22. The van der Waals surface area contributed by atoms with Crippen LogP contribution >= 0.6 is 0 Å². The lowest BCUT2D eigenvalue weighted by atomic mass is 10.0. The van der Waals surface area contributed by atoms with E-state index in [1.807, 2.05) is 30.3 Å². The van der Waals surface area contributed by atoms with Gasteiger partial charge in [-0.2, -0.15) is 0 Å². The first-order valence-corrected chi connectivity index (χ1v) is 7.38. The van der Waals surface area contributed by atoms with Crippen molar-refractivity contribution in [3.05, 3.63) is 35.9 Å². The van der Waals surface area contributed by atoms with Gasteiger partial charge in [-0.25, -0.2) is 8.42 Å². The van der Waals surface area contributed by atoms with E-state index >= 15 is 0 Å². The normalized spacial score (nSPS) is 26.8. The number of benzene rings is 1. The molecule has 0 aromatic heterocycles. The van der Waals surface area contributed by atoms with Gasteiger partial charge in [0.1, 0.15) is 0 Å². The third-order valence-electron chi connectivity index (χ3n) is 3.59. The molecule has 1 saturated carbocycles. The van der Waals surface area contributed by atoms with Crippen LogP contribution in [0.25, 0.3) is 0 Å². The monoisotopic (exact) mass is 256 g/mol. The summed E-state index contributed by atoms with van der Waals surface area (Å²) in [5.74, 6) is -0.311. The molecule has 5 heteroatoms. The minimum Gasteiger partial charge on any atom is -0.396 e. The maximum atomic E-state index is 11.7. The number of hydrogen-bond acceptors (Lipinski definition) is 4. The van der Waals surface area contributed by atoms with E-state index in [1.165, 1.54) is 0 Å². The Kier molecular flexibility index (Phi) is 3.01. The van der Waals surface area contributed by atoms with Crippen molar-refractivity contribution in [3.8, 4) is 0 Å². The number of aliphatic hydroxyl groups is 2. The fourth-order valence-corrected chi connectivity index (χ4v) is 4.71. The molecule has 1 aromatic carbocycles. The Morgan fingerprint density at radius 2 is 1.71 bits per heavy atom. The van der Waals surface area contributed by atoms with Crippen molar-refractivity contribution in [2.45, 2.75) is 11.2 Å². The fourth-order valence-electron chi connectivity index (χ4n) is 2.72. The highest BCUT2D eigenvalue weighted by molar-refractivity contribution is 7.91. The molecule has 0 heterocycles. The van der Waals surface area contributed by atoms with Crippen LogP contribution in [0.5, 0.6) is 0 Å². The van der Waals surface area contributed by atoms with Gasteiger partial charge in [-0.1, -0.05) is 30.3 Å². The summed E-state index contributed by atoms with van der Waals surface area (Å²) in [6, 6.07) is 9.16. The fraction of sp³-hybridized carbons (Fsp3) is 0.500. The highest BCUT2D eigenvalue weighted by atomic mass is 32.2. The van der Waals surface area contributed by atoms with E-state index in [0.717, 1.165) is 11.8 Å². The molecule has 1 fully saturated rings. The van der Waals surface area contributed by atoms with Crippen LogP contribution < -0.4 is 0 Å². The molecule has 0 bridgehead atoms. The zero-order valence-corrected chi connectivity index (χ0v) is 10.4. The van der Waals surface area contributed by atoms with Crippen LogP contribution in [0.4, 0.5) is 0 Å². The highest BCUT2D eigenvalue weighted by Gasteiger charge is 2.69. The molecule has 2 rings (SSSR count). The molecule has 1 aliphatic carbocycles. The molecule has 0 radical (unpaired) electrons. The van der Waals surface area contributed by atoms with E-state index in [0.29, 0.717) is 0 Å². The number of aliphatic hydroxyl groups excluding tert-OH is 2. The quantitative estimate of drug-likeness (QED) is 0.805. The van der Waals surface area contributed by atoms with Crippen molar-refractivity contribution >= 4 is 9.84 Å². The summed E-state index contributed by atoms with van der Waals surface area (Å²) < 4.78 is 23.4. The van der Waals surface area contributed by atoms with E-state index in [-0.39, 0.29) is 19.1 Å². The molecule has 0 spiro atoms. The molecule has 2 atom stereocenters. The van der Waals surface area contributed by atoms with Gasteiger partial charge in [0.2, 0.25) is 0 Å². The molecule has 0 aliphatic heterocycles. The molecule has 0 saturated heterocycles. The lowest BCUT2D eigenvalue weighted by Gasteiger charge is -2.10. The molecular formula is C12H16O4S. The van der Waals surface area contributed by atoms with Crippen molar-refractivity contribution in [3.63, 3.8) is 0 Å². The number of hydrogen-bond donors (Lipinski definition) is 2. The maximum Gasteiger partial charge on any atom is 0.151 e. The smallest absolute Gasteiger partial charge is 0.151 e. The Bertz CT molecular complexity index is 490. The Morgan fingerprint density at radius 1 is 1.18 bits per heavy atom. The summed E-state index contributed by atoms with van der Waals surface area (Å²) in [5.41, 5.74) is -0.0689. The van der Waals surface area contributed by atoms with Gasteiger partial charge in [-0.15, -0.1) is 0 Å². The SMILES string of the molecule is CS(=O)(=O)[C@@H]1[C@H](c2ccccc2)C1(CO)CO. The second kappa shape index (κ2) is 4.08. The summed E-state index contributed by atoms with van der Waals surface area (Å²) in [5, 5.41) is 18.1. The summed E-state index contributed by atoms with van der Waals surface area (Å²) in [4.78, 5) is 0. The van der Waals surface area contributed by atoms with Gasteiger partial charge in [-0.3, -0.25) is 0 Å². The largest absolute Gasteiger partial charge is 0.396 e. The van der Waals surface area contributed by atoms with Gasteiger partial charge in [0.25, 0.3) is 0 Å². The van der Waals surface area contributed by atoms with E-state index in [1.54, 1.807) is 0 Å². The molecule has 0 amide bonds. The summed E-state index contributed by atoms with van der Waals surface area (Å²) in [6.45, 7) is -0.637. The van der Waals surface area contributed by atoms with Crippen molar-refractivity contribution < 1.29 is 18.6 Å². The third kappa shape index (κ3) is 1.88. The van der Waals surface area contributed by atoms with Gasteiger partial charge >= 0.3 is 0 Å². The summed E-state index contributed by atoms with van der Waals surface area (Å²) in [6.07, 6.45) is 1.15. The second-order valence-corrected chi connectivity index (χ2v) is 6.85. The van der Waals surface area contributed by atoms with Crippen molar-refractivity contribution in [2.24, 2.45) is 5.41 Å². The van der Waals surface area contributed by atoms with E-state index in [2.05, 4.69) is 0 Å². The average Bonchev–Trinajstić information content (AvgIpc) is 3.00. The molecule has 1 aromatic rings. The topological polar surface area (TPSA) is 74.6 Å². The van der Waals surface area contributed by atoms with Crippen molar-refractivity contribution in [2.75, 3.05) is 19.5 Å². The predicted molar refractivity (Wildman–Crippen MR) is 64.4 cm³/mol. The first-order valence-electron chi connectivity index (χ1n) is 5.43. The van der Waals surface area contributed by atoms with Crippen LogP contribution in [0.15, 0.2) is 30.3 Å². The van der Waals surface area contributed by atoms with E-state index in [9.17, 15) is 18.6 Å². The molecule has 1 aliphatic rings. The zero-order valence-electron chi connectivity index (χ0n) is 9.57.